The Bertz CT molecular complexity index is 926. The summed E-state index contributed by atoms with van der Waals surface area (Å²) in [6.07, 6.45) is 2.56. The zero-order valence-corrected chi connectivity index (χ0v) is 14.3. The summed E-state index contributed by atoms with van der Waals surface area (Å²) < 4.78 is 1.41. The van der Waals surface area contributed by atoms with Crippen LogP contribution in [0, 0.1) is 0 Å². The first kappa shape index (κ1) is 16.1. The number of carbonyl (C=O) groups excluding carboxylic acids is 1. The highest BCUT2D eigenvalue weighted by Gasteiger charge is 2.11. The van der Waals surface area contributed by atoms with E-state index < -0.39 is 0 Å². The minimum atomic E-state index is -0.338. The Balaban J connectivity index is 1.76. The van der Waals surface area contributed by atoms with Gasteiger partial charge in [0.1, 0.15) is 0 Å². The van der Waals surface area contributed by atoms with Gasteiger partial charge in [0.05, 0.1) is 5.69 Å². The van der Waals surface area contributed by atoms with Crippen molar-refractivity contribution in [1.82, 2.24) is 9.55 Å². The third-order valence-corrected chi connectivity index (χ3v) is 4.51. The number of nitrogens with one attached hydrogen (secondary N) is 1. The van der Waals surface area contributed by atoms with Crippen LogP contribution in [0.25, 0.3) is 11.3 Å². The van der Waals surface area contributed by atoms with Crippen molar-refractivity contribution in [2.75, 3.05) is 5.32 Å². The number of hydrogen-bond donors (Lipinski definition) is 1. The molecular weight excluding hydrogens is 322 g/mol. The maximum Gasteiger partial charge on any atom is 0.257 e. The van der Waals surface area contributed by atoms with Crippen molar-refractivity contribution in [3.63, 3.8) is 0 Å². The number of thiazole rings is 1. The molecule has 3 rings (SSSR count). The first-order chi connectivity index (χ1) is 11.6. The lowest BCUT2D eigenvalue weighted by Gasteiger charge is -2.03. The molecule has 3 aromatic rings. The molecular formula is C18H17N3O2S. The second kappa shape index (κ2) is 6.80. The Hall–Kier alpha value is -2.73. The van der Waals surface area contributed by atoms with Crippen LogP contribution in [0.15, 0.2) is 52.8 Å². The van der Waals surface area contributed by atoms with Crippen LogP contribution in [0.1, 0.15) is 22.8 Å². The predicted octanol–water partition coefficient (Wildman–Crippen LogP) is 3.32. The van der Waals surface area contributed by atoms with E-state index >= 15 is 0 Å². The number of aryl methyl sites for hydroxylation is 2. The van der Waals surface area contributed by atoms with Crippen LogP contribution in [0.2, 0.25) is 0 Å². The molecule has 2 heterocycles. The van der Waals surface area contributed by atoms with Crippen LogP contribution in [-0.4, -0.2) is 15.5 Å². The fourth-order valence-corrected chi connectivity index (χ4v) is 2.95. The lowest BCUT2D eigenvalue weighted by molar-refractivity contribution is 0.102. The summed E-state index contributed by atoms with van der Waals surface area (Å²) in [4.78, 5) is 28.3. The Morgan fingerprint density at radius 2 is 2.00 bits per heavy atom. The van der Waals surface area contributed by atoms with Gasteiger partial charge in [0, 0.05) is 35.8 Å². The molecule has 0 aliphatic rings. The Morgan fingerprint density at radius 3 is 2.67 bits per heavy atom. The van der Waals surface area contributed by atoms with Crippen LogP contribution < -0.4 is 10.9 Å². The quantitative estimate of drug-likeness (QED) is 0.793. The monoisotopic (exact) mass is 339 g/mol. The average molecular weight is 339 g/mol. The molecule has 2 aromatic heterocycles. The molecule has 1 aromatic carbocycles. The normalized spacial score (nSPS) is 10.6. The van der Waals surface area contributed by atoms with Gasteiger partial charge in [-0.05, 0) is 18.1 Å². The van der Waals surface area contributed by atoms with Crippen molar-refractivity contribution in [2.24, 2.45) is 7.05 Å². The van der Waals surface area contributed by atoms with Gasteiger partial charge in [-0.15, -0.1) is 11.3 Å². The number of carbonyl (C=O) groups is 1. The SMILES string of the molecule is CCc1ccc(-c2csc(NC(=O)c3ccn(C)c(=O)c3)n2)cc1. The minimum Gasteiger partial charge on any atom is -0.319 e. The standard InChI is InChI=1S/C18H17N3O2S/c1-3-12-4-6-13(7-5-12)15-11-24-18(19-15)20-17(23)14-8-9-21(2)16(22)10-14/h4-11H,3H2,1-2H3,(H,19,20,23). The number of pyridine rings is 1. The fourth-order valence-electron chi connectivity index (χ4n) is 2.23. The van der Waals surface area contributed by atoms with Crippen LogP contribution in [0.5, 0.6) is 0 Å². The summed E-state index contributed by atoms with van der Waals surface area (Å²) in [6, 6.07) is 11.1. The van der Waals surface area contributed by atoms with Crippen LogP contribution in [-0.2, 0) is 13.5 Å². The molecule has 1 N–H and O–H groups in total. The summed E-state index contributed by atoms with van der Waals surface area (Å²) in [7, 11) is 1.64. The summed E-state index contributed by atoms with van der Waals surface area (Å²) in [5.41, 5.74) is 3.20. The maximum absolute atomic E-state index is 12.2. The van der Waals surface area contributed by atoms with Gasteiger partial charge in [-0.2, -0.15) is 0 Å². The zero-order valence-electron chi connectivity index (χ0n) is 13.4. The molecule has 0 radical (unpaired) electrons. The van der Waals surface area contributed by atoms with Gasteiger partial charge in [0.2, 0.25) is 0 Å². The number of nitrogens with zero attached hydrogens (tertiary/aromatic N) is 2. The largest absolute Gasteiger partial charge is 0.319 e. The van der Waals surface area contributed by atoms with E-state index in [4.69, 9.17) is 0 Å². The Kier molecular flexibility index (Phi) is 4.57. The minimum absolute atomic E-state index is 0.224. The third-order valence-electron chi connectivity index (χ3n) is 3.75. The molecule has 1 amide bonds. The second-order valence-electron chi connectivity index (χ2n) is 5.41. The Labute approximate surface area is 143 Å². The lowest BCUT2D eigenvalue weighted by atomic mass is 10.1. The van der Waals surface area contributed by atoms with Crippen molar-refractivity contribution in [3.8, 4) is 11.3 Å². The number of rotatable bonds is 4. The lowest BCUT2D eigenvalue weighted by Crippen LogP contribution is -2.19. The Morgan fingerprint density at radius 1 is 1.25 bits per heavy atom. The van der Waals surface area contributed by atoms with E-state index in [-0.39, 0.29) is 11.5 Å². The zero-order chi connectivity index (χ0) is 17.1. The van der Waals surface area contributed by atoms with E-state index in [1.54, 1.807) is 19.3 Å². The molecule has 0 aliphatic carbocycles. The molecule has 0 spiro atoms. The van der Waals surface area contributed by atoms with Crippen molar-refractivity contribution >= 4 is 22.4 Å². The maximum atomic E-state index is 12.2. The number of benzene rings is 1. The summed E-state index contributed by atoms with van der Waals surface area (Å²) in [5.74, 6) is -0.338. The molecule has 122 valence electrons. The van der Waals surface area contributed by atoms with Gasteiger partial charge in [-0.3, -0.25) is 14.9 Å². The van der Waals surface area contributed by atoms with Gasteiger partial charge in [-0.25, -0.2) is 4.98 Å². The molecule has 0 aliphatic heterocycles. The molecule has 0 atom stereocenters. The second-order valence-corrected chi connectivity index (χ2v) is 6.27. The van der Waals surface area contributed by atoms with E-state index in [2.05, 4.69) is 29.4 Å². The molecule has 5 nitrogen and oxygen atoms in total. The van der Waals surface area contributed by atoms with E-state index in [0.29, 0.717) is 10.7 Å². The molecule has 24 heavy (non-hydrogen) atoms. The molecule has 0 unspecified atom stereocenters. The third kappa shape index (κ3) is 3.44. The van der Waals surface area contributed by atoms with E-state index in [1.807, 2.05) is 17.5 Å². The molecule has 0 fully saturated rings. The highest BCUT2D eigenvalue weighted by Crippen LogP contribution is 2.25. The van der Waals surface area contributed by atoms with Gasteiger partial charge in [0.15, 0.2) is 5.13 Å². The molecule has 6 heteroatoms. The number of aromatic nitrogens is 2. The highest BCUT2D eigenvalue weighted by atomic mass is 32.1. The van der Waals surface area contributed by atoms with E-state index in [0.717, 1.165) is 17.7 Å². The summed E-state index contributed by atoms with van der Waals surface area (Å²) >= 11 is 1.36. The van der Waals surface area contributed by atoms with Crippen molar-refractivity contribution in [3.05, 3.63) is 69.5 Å². The highest BCUT2D eigenvalue weighted by molar-refractivity contribution is 7.14. The smallest absolute Gasteiger partial charge is 0.257 e. The van der Waals surface area contributed by atoms with Crippen LogP contribution >= 0.6 is 11.3 Å². The number of anilines is 1. The summed E-state index contributed by atoms with van der Waals surface area (Å²) in [5, 5.41) is 5.15. The van der Waals surface area contributed by atoms with Gasteiger partial charge in [-0.1, -0.05) is 31.2 Å². The first-order valence-corrected chi connectivity index (χ1v) is 8.47. The average Bonchev–Trinajstić information content (AvgIpc) is 3.06. The first-order valence-electron chi connectivity index (χ1n) is 7.59. The molecule has 0 saturated carbocycles. The molecule has 0 bridgehead atoms. The molecule has 0 saturated heterocycles. The number of hydrogen-bond acceptors (Lipinski definition) is 4. The van der Waals surface area contributed by atoms with Gasteiger partial charge >= 0.3 is 0 Å². The van der Waals surface area contributed by atoms with Crippen molar-refractivity contribution in [2.45, 2.75) is 13.3 Å². The van der Waals surface area contributed by atoms with Crippen molar-refractivity contribution in [1.29, 1.82) is 0 Å². The predicted molar refractivity (Wildman–Crippen MR) is 96.6 cm³/mol. The topological polar surface area (TPSA) is 64.0 Å². The number of amides is 1. The van der Waals surface area contributed by atoms with Gasteiger partial charge < -0.3 is 4.57 Å². The van der Waals surface area contributed by atoms with Crippen molar-refractivity contribution < 1.29 is 4.79 Å². The fraction of sp³-hybridized carbons (Fsp3) is 0.167. The van der Waals surface area contributed by atoms with E-state index in [1.165, 1.54) is 27.5 Å². The summed E-state index contributed by atoms with van der Waals surface area (Å²) in [6.45, 7) is 2.11. The van der Waals surface area contributed by atoms with Crippen LogP contribution in [0.4, 0.5) is 5.13 Å². The van der Waals surface area contributed by atoms with Gasteiger partial charge in [0.25, 0.3) is 11.5 Å². The van der Waals surface area contributed by atoms with E-state index in [9.17, 15) is 9.59 Å². The van der Waals surface area contributed by atoms with Crippen LogP contribution in [0.3, 0.4) is 0 Å².